The molecule has 2 saturated heterocycles. The fourth-order valence-electron chi connectivity index (χ4n) is 4.05. The molecule has 34 heavy (non-hydrogen) atoms. The quantitative estimate of drug-likeness (QED) is 0.234. The highest BCUT2D eigenvalue weighted by Crippen LogP contribution is 2.59. The summed E-state index contributed by atoms with van der Waals surface area (Å²) in [5.74, 6) is 0.491. The minimum absolute atomic E-state index is 0.0288. The first-order chi connectivity index (χ1) is 16.4. The maximum absolute atomic E-state index is 13.3. The summed E-state index contributed by atoms with van der Waals surface area (Å²) in [4.78, 5) is 15.7. The van der Waals surface area contributed by atoms with Gasteiger partial charge in [-0.1, -0.05) is 23.3 Å². The standard InChI is InChI=1S/C19H21N8O6P/c1-3-29-16-13-15(23-18(20)24-16)27(10-22-13)17-19(2,25-26-21)14-12(31-17)9-30-34(28,33-14)32-11-7-5-4-6-8-11/h4-8,10,12,14,17H,3,9H2,1-2H3,(H2,20,23,24)/t12-,14-,17-,19-,34?/m1/s1. The predicted octanol–water partition coefficient (Wildman–Crippen LogP) is 3.38. The molecule has 4 heterocycles. The fraction of sp³-hybridized carbons (Fsp3) is 0.421. The normalized spacial score (nSPS) is 30.5. The number of para-hydroxylation sites is 1. The van der Waals surface area contributed by atoms with E-state index in [4.69, 9.17) is 28.8 Å². The Labute approximate surface area is 193 Å². The van der Waals surface area contributed by atoms with E-state index in [1.807, 2.05) is 0 Å². The first kappa shape index (κ1) is 22.4. The van der Waals surface area contributed by atoms with Crippen molar-refractivity contribution >= 4 is 24.9 Å². The summed E-state index contributed by atoms with van der Waals surface area (Å²) in [5, 5.41) is 3.98. The maximum atomic E-state index is 13.3. The van der Waals surface area contributed by atoms with Gasteiger partial charge in [0.2, 0.25) is 11.8 Å². The smallest absolute Gasteiger partial charge is 0.476 e. The van der Waals surface area contributed by atoms with Crippen molar-refractivity contribution < 1.29 is 27.6 Å². The van der Waals surface area contributed by atoms with Crippen LogP contribution in [0.15, 0.2) is 41.8 Å². The number of rotatable bonds is 6. The Morgan fingerprint density at radius 1 is 1.38 bits per heavy atom. The average molecular weight is 488 g/mol. The average Bonchev–Trinajstić information content (AvgIpc) is 3.33. The van der Waals surface area contributed by atoms with Crippen molar-refractivity contribution in [2.45, 2.75) is 37.8 Å². The summed E-state index contributed by atoms with van der Waals surface area (Å²) in [6, 6.07) is 8.48. The van der Waals surface area contributed by atoms with E-state index in [-0.39, 0.29) is 18.4 Å². The van der Waals surface area contributed by atoms with Crippen LogP contribution < -0.4 is 15.0 Å². The lowest BCUT2D eigenvalue weighted by Crippen LogP contribution is -2.46. The van der Waals surface area contributed by atoms with Gasteiger partial charge in [-0.25, -0.2) is 9.55 Å². The second-order valence-electron chi connectivity index (χ2n) is 7.76. The van der Waals surface area contributed by atoms with E-state index in [1.54, 1.807) is 48.7 Å². The highest BCUT2D eigenvalue weighted by Gasteiger charge is 2.61. The Balaban J connectivity index is 1.53. The molecule has 0 saturated carbocycles. The number of nitrogen functional groups attached to an aromatic ring is 1. The molecule has 0 spiro atoms. The Morgan fingerprint density at radius 3 is 2.91 bits per heavy atom. The molecule has 2 N–H and O–H groups in total. The van der Waals surface area contributed by atoms with Crippen LogP contribution in [0.3, 0.4) is 0 Å². The van der Waals surface area contributed by atoms with Crippen LogP contribution in [-0.4, -0.2) is 50.5 Å². The molecule has 2 aliphatic rings. The van der Waals surface area contributed by atoms with E-state index in [0.717, 1.165) is 0 Å². The van der Waals surface area contributed by atoms with E-state index in [1.165, 1.54) is 6.33 Å². The van der Waals surface area contributed by atoms with Crippen LogP contribution in [0.4, 0.5) is 5.95 Å². The monoisotopic (exact) mass is 488 g/mol. The molecule has 0 radical (unpaired) electrons. The van der Waals surface area contributed by atoms with Crippen LogP contribution in [0, 0.1) is 0 Å². The van der Waals surface area contributed by atoms with Crippen LogP contribution in [0.2, 0.25) is 0 Å². The SMILES string of the molecule is CCOc1nc(N)nc2c1ncn2[C@@H]1O[C@@H]2COP(=O)(Oc3ccccc3)O[C@H]2[C@@]1(C)N=[N+]=[N-]. The third-order valence-corrected chi connectivity index (χ3v) is 6.90. The van der Waals surface area contributed by atoms with Crippen LogP contribution in [0.1, 0.15) is 20.1 Å². The predicted molar refractivity (Wildman–Crippen MR) is 118 cm³/mol. The van der Waals surface area contributed by atoms with Gasteiger partial charge in [-0.15, -0.1) is 0 Å². The van der Waals surface area contributed by atoms with Crippen LogP contribution >= 0.6 is 7.82 Å². The molecule has 0 amide bonds. The molecule has 5 rings (SSSR count). The molecule has 2 aromatic heterocycles. The van der Waals surface area contributed by atoms with Gasteiger partial charge in [0.05, 0.1) is 19.5 Å². The second kappa shape index (κ2) is 8.42. The van der Waals surface area contributed by atoms with Crippen molar-refractivity contribution in [3.8, 4) is 11.6 Å². The van der Waals surface area contributed by atoms with Gasteiger partial charge in [-0.2, -0.15) is 9.97 Å². The van der Waals surface area contributed by atoms with Crippen LogP contribution in [-0.2, 0) is 18.3 Å². The van der Waals surface area contributed by atoms with Crippen molar-refractivity contribution in [3.63, 3.8) is 0 Å². The number of benzene rings is 1. The van der Waals surface area contributed by atoms with Gasteiger partial charge in [-0.3, -0.25) is 13.6 Å². The van der Waals surface area contributed by atoms with Gasteiger partial charge in [-0.05, 0) is 31.5 Å². The Morgan fingerprint density at radius 2 is 2.18 bits per heavy atom. The molecule has 3 aromatic rings. The Bertz CT molecular complexity index is 1310. The number of azide groups is 1. The summed E-state index contributed by atoms with van der Waals surface area (Å²) in [7, 11) is -4.04. The molecule has 178 valence electrons. The molecule has 1 unspecified atom stereocenters. The number of hydrogen-bond donors (Lipinski definition) is 1. The highest BCUT2D eigenvalue weighted by atomic mass is 31.2. The van der Waals surface area contributed by atoms with Crippen LogP contribution in [0.5, 0.6) is 11.6 Å². The van der Waals surface area contributed by atoms with Gasteiger partial charge in [0, 0.05) is 4.91 Å². The van der Waals surface area contributed by atoms with E-state index in [9.17, 15) is 10.1 Å². The Hall–Kier alpha value is -3.41. The number of hydrogen-bond acceptors (Lipinski definition) is 11. The number of phosphoric acid groups is 1. The molecule has 2 aliphatic heterocycles. The van der Waals surface area contributed by atoms with Gasteiger partial charge >= 0.3 is 7.82 Å². The lowest BCUT2D eigenvalue weighted by molar-refractivity contribution is -0.0649. The maximum Gasteiger partial charge on any atom is 0.530 e. The largest absolute Gasteiger partial charge is 0.530 e. The fourth-order valence-corrected chi connectivity index (χ4v) is 5.54. The molecular formula is C19H21N8O6P. The molecule has 5 atom stereocenters. The third-order valence-electron chi connectivity index (χ3n) is 5.52. The number of nitrogens with zero attached hydrogens (tertiary/aromatic N) is 7. The summed E-state index contributed by atoms with van der Waals surface area (Å²) < 4.78 is 43.3. The number of nitrogens with two attached hydrogens (primary N) is 1. The van der Waals surface area contributed by atoms with Gasteiger partial charge < -0.3 is 19.7 Å². The highest BCUT2D eigenvalue weighted by molar-refractivity contribution is 7.49. The van der Waals surface area contributed by atoms with Gasteiger partial charge in [0.15, 0.2) is 17.4 Å². The van der Waals surface area contributed by atoms with Gasteiger partial charge in [0.1, 0.15) is 23.5 Å². The number of imidazole rings is 1. The lowest BCUT2D eigenvalue weighted by Gasteiger charge is -2.35. The molecule has 15 heteroatoms. The van der Waals surface area contributed by atoms with Crippen molar-refractivity contribution in [1.29, 1.82) is 0 Å². The van der Waals surface area contributed by atoms with Crippen molar-refractivity contribution in [1.82, 2.24) is 19.5 Å². The first-order valence-corrected chi connectivity index (χ1v) is 11.8. The zero-order chi connectivity index (χ0) is 23.9. The lowest BCUT2D eigenvalue weighted by atomic mass is 9.93. The van der Waals surface area contributed by atoms with E-state index < -0.39 is 31.8 Å². The van der Waals surface area contributed by atoms with Gasteiger partial charge in [0.25, 0.3) is 0 Å². The zero-order valence-electron chi connectivity index (χ0n) is 18.2. The van der Waals surface area contributed by atoms with E-state index in [2.05, 4.69) is 25.0 Å². The summed E-state index contributed by atoms with van der Waals surface area (Å²) in [6.07, 6.45) is -1.17. The van der Waals surface area contributed by atoms with Crippen molar-refractivity contribution in [2.75, 3.05) is 18.9 Å². The summed E-state index contributed by atoms with van der Waals surface area (Å²) in [6.45, 7) is 3.66. The minimum atomic E-state index is -4.04. The number of phosphoric ester groups is 1. The van der Waals surface area contributed by atoms with E-state index >= 15 is 0 Å². The van der Waals surface area contributed by atoms with Crippen LogP contribution in [0.25, 0.3) is 21.6 Å². The molecule has 14 nitrogen and oxygen atoms in total. The first-order valence-electron chi connectivity index (χ1n) is 10.4. The molecule has 0 bridgehead atoms. The second-order valence-corrected chi connectivity index (χ2v) is 9.31. The number of fused-ring (bicyclic) bond motifs is 2. The third kappa shape index (κ3) is 3.71. The molecule has 0 aliphatic carbocycles. The summed E-state index contributed by atoms with van der Waals surface area (Å²) >= 11 is 0. The van der Waals surface area contributed by atoms with Crippen molar-refractivity contribution in [3.05, 3.63) is 47.1 Å². The Kier molecular flexibility index (Phi) is 5.54. The molecule has 2 fully saturated rings. The summed E-state index contributed by atoms with van der Waals surface area (Å²) in [5.41, 5.74) is 14.5. The molecule has 1 aromatic carbocycles. The topological polar surface area (TPSA) is 182 Å². The number of aromatic nitrogens is 4. The zero-order valence-corrected chi connectivity index (χ0v) is 19.1. The minimum Gasteiger partial charge on any atom is -0.476 e. The number of anilines is 1. The molecular weight excluding hydrogens is 467 g/mol. The number of ether oxygens (including phenoxy) is 2. The van der Waals surface area contributed by atoms with Crippen molar-refractivity contribution in [2.24, 2.45) is 5.11 Å². The van der Waals surface area contributed by atoms with E-state index in [0.29, 0.717) is 23.5 Å².